The largest absolute Gasteiger partial charge is 0.481 e. The molecule has 1 aromatic carbocycles. The second-order valence-electron chi connectivity index (χ2n) is 3.98. The number of hydrogen-bond donors (Lipinski definition) is 1. The lowest BCUT2D eigenvalue weighted by molar-refractivity contribution is -0.137. The van der Waals surface area contributed by atoms with Crippen LogP contribution in [0.4, 0.5) is 5.69 Å². The monoisotopic (exact) mass is 303 g/mol. The maximum absolute atomic E-state index is 10.8. The Kier molecular flexibility index (Phi) is 4.54. The molecule has 1 saturated heterocycles. The molecule has 0 spiro atoms. The number of carboxylic acid groups (broad SMARTS) is 1. The number of rotatable bonds is 3. The fourth-order valence-electron chi connectivity index (χ4n) is 1.77. The number of para-hydroxylation sites is 1. The normalized spacial score (nSPS) is 21.4. The van der Waals surface area contributed by atoms with Gasteiger partial charge in [0.05, 0.1) is 16.5 Å². The SMILES string of the molecule is O=C(O)CC1CSCC1=Nc1c(Cl)cccc1Cl. The van der Waals surface area contributed by atoms with E-state index in [1.807, 2.05) is 0 Å². The maximum atomic E-state index is 10.8. The fraction of sp³-hybridized carbons (Fsp3) is 0.333. The molecule has 1 aliphatic heterocycles. The van der Waals surface area contributed by atoms with E-state index in [0.29, 0.717) is 15.7 Å². The molecule has 0 amide bonds. The smallest absolute Gasteiger partial charge is 0.304 e. The first kappa shape index (κ1) is 13.7. The van der Waals surface area contributed by atoms with Crippen LogP contribution in [0.2, 0.25) is 10.0 Å². The van der Waals surface area contributed by atoms with Crippen LogP contribution in [0.1, 0.15) is 6.42 Å². The predicted octanol–water partition coefficient (Wildman–Crippen LogP) is 3.90. The molecule has 1 heterocycles. The van der Waals surface area contributed by atoms with Gasteiger partial charge in [0.2, 0.25) is 0 Å². The van der Waals surface area contributed by atoms with Crippen molar-refractivity contribution in [2.45, 2.75) is 6.42 Å². The number of carbonyl (C=O) groups is 1. The van der Waals surface area contributed by atoms with Gasteiger partial charge in [-0.15, -0.1) is 0 Å². The zero-order valence-electron chi connectivity index (χ0n) is 9.40. The highest BCUT2D eigenvalue weighted by atomic mass is 35.5. The molecule has 3 nitrogen and oxygen atoms in total. The van der Waals surface area contributed by atoms with Crippen molar-refractivity contribution >= 4 is 52.3 Å². The third-order valence-electron chi connectivity index (χ3n) is 2.65. The third kappa shape index (κ3) is 3.19. The van der Waals surface area contributed by atoms with Crippen LogP contribution in [0.15, 0.2) is 23.2 Å². The van der Waals surface area contributed by atoms with Crippen LogP contribution in [0.25, 0.3) is 0 Å². The molecular formula is C12H11Cl2NO2S. The quantitative estimate of drug-likeness (QED) is 0.921. The molecule has 96 valence electrons. The van der Waals surface area contributed by atoms with E-state index in [4.69, 9.17) is 28.3 Å². The Morgan fingerprint density at radius 3 is 2.72 bits per heavy atom. The molecule has 0 saturated carbocycles. The van der Waals surface area contributed by atoms with E-state index < -0.39 is 5.97 Å². The molecule has 6 heteroatoms. The Labute approximate surface area is 119 Å². The van der Waals surface area contributed by atoms with Gasteiger partial charge in [-0.05, 0) is 12.1 Å². The lowest BCUT2D eigenvalue weighted by Crippen LogP contribution is -2.15. The number of aliphatic carboxylic acids is 1. The van der Waals surface area contributed by atoms with Crippen molar-refractivity contribution in [1.82, 2.24) is 0 Å². The standard InChI is InChI=1S/C12H11Cl2NO2S/c13-8-2-1-3-9(14)12(8)15-10-6-18-5-7(10)4-11(16)17/h1-3,7H,4-6H2,(H,16,17). The molecule has 18 heavy (non-hydrogen) atoms. The van der Waals surface area contributed by atoms with Gasteiger partial charge in [0.1, 0.15) is 5.69 Å². The van der Waals surface area contributed by atoms with E-state index in [0.717, 1.165) is 17.2 Å². The number of carboxylic acids is 1. The summed E-state index contributed by atoms with van der Waals surface area (Å²) in [6.45, 7) is 0. The number of halogens is 2. The van der Waals surface area contributed by atoms with Crippen molar-refractivity contribution in [1.29, 1.82) is 0 Å². The second kappa shape index (κ2) is 5.95. The molecule has 1 N–H and O–H groups in total. The maximum Gasteiger partial charge on any atom is 0.304 e. The van der Waals surface area contributed by atoms with Crippen LogP contribution in [0.5, 0.6) is 0 Å². The first-order valence-corrected chi connectivity index (χ1v) is 7.30. The van der Waals surface area contributed by atoms with E-state index in [-0.39, 0.29) is 12.3 Å². The minimum absolute atomic E-state index is 0.0279. The van der Waals surface area contributed by atoms with Gasteiger partial charge in [-0.2, -0.15) is 11.8 Å². The van der Waals surface area contributed by atoms with Crippen molar-refractivity contribution in [3.8, 4) is 0 Å². The van der Waals surface area contributed by atoms with Gasteiger partial charge < -0.3 is 5.11 Å². The van der Waals surface area contributed by atoms with Crippen LogP contribution in [-0.2, 0) is 4.79 Å². The minimum atomic E-state index is -0.805. The summed E-state index contributed by atoms with van der Waals surface area (Å²) in [6, 6.07) is 5.20. The molecule has 1 aromatic rings. The Bertz CT molecular complexity index is 485. The van der Waals surface area contributed by atoms with Crippen molar-refractivity contribution in [2.75, 3.05) is 11.5 Å². The summed E-state index contributed by atoms with van der Waals surface area (Å²) >= 11 is 13.8. The summed E-state index contributed by atoms with van der Waals surface area (Å²) in [5.41, 5.74) is 1.39. The minimum Gasteiger partial charge on any atom is -0.481 e. The highest BCUT2D eigenvalue weighted by Crippen LogP contribution is 2.35. The highest BCUT2D eigenvalue weighted by molar-refractivity contribution is 8.00. The van der Waals surface area contributed by atoms with Gasteiger partial charge in [-0.1, -0.05) is 29.3 Å². The lowest BCUT2D eigenvalue weighted by Gasteiger charge is -2.08. The summed E-state index contributed by atoms with van der Waals surface area (Å²) in [4.78, 5) is 15.2. The number of hydrogen-bond acceptors (Lipinski definition) is 3. The van der Waals surface area contributed by atoms with E-state index in [9.17, 15) is 4.79 Å². The summed E-state index contributed by atoms with van der Waals surface area (Å²) in [6.07, 6.45) is 0.105. The van der Waals surface area contributed by atoms with E-state index >= 15 is 0 Å². The lowest BCUT2D eigenvalue weighted by atomic mass is 10.0. The number of nitrogens with zero attached hydrogens (tertiary/aromatic N) is 1. The number of aliphatic imine (C=N–C) groups is 1. The summed E-state index contributed by atoms with van der Waals surface area (Å²) < 4.78 is 0. The molecule has 0 bridgehead atoms. The van der Waals surface area contributed by atoms with E-state index in [1.54, 1.807) is 30.0 Å². The van der Waals surface area contributed by atoms with Gasteiger partial charge in [0.15, 0.2) is 0 Å². The van der Waals surface area contributed by atoms with E-state index in [2.05, 4.69) is 4.99 Å². The summed E-state index contributed by atoms with van der Waals surface area (Å²) in [5, 5.41) is 9.82. The van der Waals surface area contributed by atoms with Crippen LogP contribution in [0, 0.1) is 5.92 Å². The number of benzene rings is 1. The van der Waals surface area contributed by atoms with Crippen LogP contribution < -0.4 is 0 Å². The molecule has 1 aliphatic rings. The second-order valence-corrected chi connectivity index (χ2v) is 5.83. The molecule has 0 aliphatic carbocycles. The zero-order valence-corrected chi connectivity index (χ0v) is 11.7. The van der Waals surface area contributed by atoms with Crippen molar-refractivity contribution in [3.63, 3.8) is 0 Å². The molecule has 2 rings (SSSR count). The molecule has 1 fully saturated rings. The number of thioether (sulfide) groups is 1. The summed E-state index contributed by atoms with van der Waals surface area (Å²) in [5.74, 6) is 0.687. The first-order chi connectivity index (χ1) is 8.58. The van der Waals surface area contributed by atoms with Gasteiger partial charge in [0.25, 0.3) is 0 Å². The fourth-order valence-corrected chi connectivity index (χ4v) is 3.47. The summed E-state index contributed by atoms with van der Waals surface area (Å²) in [7, 11) is 0. The highest BCUT2D eigenvalue weighted by Gasteiger charge is 2.26. The van der Waals surface area contributed by atoms with Crippen molar-refractivity contribution < 1.29 is 9.90 Å². The first-order valence-electron chi connectivity index (χ1n) is 5.39. The van der Waals surface area contributed by atoms with Gasteiger partial charge in [-0.25, -0.2) is 0 Å². The predicted molar refractivity (Wildman–Crippen MR) is 76.6 cm³/mol. The van der Waals surface area contributed by atoms with Crippen LogP contribution in [0.3, 0.4) is 0 Å². The third-order valence-corrected chi connectivity index (χ3v) is 4.40. The van der Waals surface area contributed by atoms with Crippen LogP contribution >= 0.6 is 35.0 Å². The molecule has 1 atom stereocenters. The Morgan fingerprint density at radius 1 is 1.44 bits per heavy atom. The van der Waals surface area contributed by atoms with Crippen LogP contribution in [-0.4, -0.2) is 28.3 Å². The molecular weight excluding hydrogens is 293 g/mol. The van der Waals surface area contributed by atoms with Crippen molar-refractivity contribution in [3.05, 3.63) is 28.2 Å². The molecule has 0 radical (unpaired) electrons. The van der Waals surface area contributed by atoms with Gasteiger partial charge in [0, 0.05) is 23.1 Å². The van der Waals surface area contributed by atoms with Crippen molar-refractivity contribution in [2.24, 2.45) is 10.9 Å². The Morgan fingerprint density at radius 2 is 2.11 bits per heavy atom. The van der Waals surface area contributed by atoms with E-state index in [1.165, 1.54) is 0 Å². The Balaban J connectivity index is 2.29. The van der Waals surface area contributed by atoms with Gasteiger partial charge >= 0.3 is 5.97 Å². The molecule has 0 aromatic heterocycles. The zero-order chi connectivity index (χ0) is 13.1. The topological polar surface area (TPSA) is 49.7 Å². The Hall–Kier alpha value is -0.710. The van der Waals surface area contributed by atoms with Gasteiger partial charge in [-0.3, -0.25) is 9.79 Å². The average molecular weight is 304 g/mol. The molecule has 1 unspecified atom stereocenters. The average Bonchev–Trinajstić information content (AvgIpc) is 2.70.